The Morgan fingerprint density at radius 2 is 2.06 bits per heavy atom. The van der Waals surface area contributed by atoms with Crippen LogP contribution in [0.1, 0.15) is 52.9 Å². The van der Waals surface area contributed by atoms with Gasteiger partial charge in [0.1, 0.15) is 11.4 Å². The molecule has 0 aromatic carbocycles. The predicted molar refractivity (Wildman–Crippen MR) is 68.3 cm³/mol. The summed E-state index contributed by atoms with van der Waals surface area (Å²) >= 11 is 0. The quantitative estimate of drug-likeness (QED) is 0.667. The molecule has 2 rings (SSSR count). The number of ketones is 1. The molecule has 1 amide bonds. The fourth-order valence-corrected chi connectivity index (χ4v) is 2.98. The number of piperidine rings is 1. The van der Waals surface area contributed by atoms with E-state index in [0.717, 1.165) is 25.8 Å². The van der Waals surface area contributed by atoms with Crippen molar-refractivity contribution >= 4 is 11.9 Å². The summed E-state index contributed by atoms with van der Waals surface area (Å²) in [6.07, 6.45) is 4.04. The zero-order valence-corrected chi connectivity index (χ0v) is 11.6. The van der Waals surface area contributed by atoms with Crippen LogP contribution in [-0.2, 0) is 9.53 Å². The molecule has 2 aliphatic rings. The zero-order chi connectivity index (χ0) is 13.3. The maximum Gasteiger partial charge on any atom is 0.410 e. The van der Waals surface area contributed by atoms with E-state index in [4.69, 9.17) is 4.74 Å². The van der Waals surface area contributed by atoms with Crippen molar-refractivity contribution in [2.24, 2.45) is 5.92 Å². The first kappa shape index (κ1) is 13.4. The average molecular weight is 253 g/mol. The third kappa shape index (κ3) is 3.03. The smallest absolute Gasteiger partial charge is 0.410 e. The molecule has 4 nitrogen and oxygen atoms in total. The van der Waals surface area contributed by atoms with E-state index >= 15 is 0 Å². The number of carbonyl (C=O) groups is 2. The molecule has 1 aliphatic carbocycles. The molecule has 102 valence electrons. The Kier molecular flexibility index (Phi) is 3.64. The summed E-state index contributed by atoms with van der Waals surface area (Å²) in [5, 5.41) is 0. The number of hydrogen-bond donors (Lipinski definition) is 0. The maximum absolute atomic E-state index is 12.2. The number of likely N-dealkylation sites (tertiary alicyclic amines) is 1. The SMILES string of the molecule is CC(C)(C)OC(=O)N1CCC[C@@H]2CCC(=O)C[C@@H]21. The molecule has 0 spiro atoms. The van der Waals surface area contributed by atoms with Gasteiger partial charge in [0.2, 0.25) is 0 Å². The Hall–Kier alpha value is -1.06. The monoisotopic (exact) mass is 253 g/mol. The topological polar surface area (TPSA) is 46.6 Å². The molecule has 0 aromatic heterocycles. The van der Waals surface area contributed by atoms with Crippen LogP contribution in [-0.4, -0.2) is 35.0 Å². The van der Waals surface area contributed by atoms with E-state index < -0.39 is 5.60 Å². The first-order valence-corrected chi connectivity index (χ1v) is 6.88. The van der Waals surface area contributed by atoms with Crippen LogP contribution in [0.3, 0.4) is 0 Å². The molecule has 2 fully saturated rings. The number of nitrogens with zero attached hydrogens (tertiary/aromatic N) is 1. The molecule has 2 atom stereocenters. The summed E-state index contributed by atoms with van der Waals surface area (Å²) < 4.78 is 5.44. The second kappa shape index (κ2) is 4.90. The van der Waals surface area contributed by atoms with E-state index in [0.29, 0.717) is 18.8 Å². The van der Waals surface area contributed by atoms with E-state index in [1.807, 2.05) is 20.8 Å². The van der Waals surface area contributed by atoms with Crippen LogP contribution < -0.4 is 0 Å². The van der Waals surface area contributed by atoms with E-state index in [2.05, 4.69) is 0 Å². The Bertz CT molecular complexity index is 345. The fraction of sp³-hybridized carbons (Fsp3) is 0.857. The first-order chi connectivity index (χ1) is 8.37. The number of Topliss-reactive ketones (excluding diaryl/α,β-unsaturated/α-hetero) is 1. The third-order valence-electron chi connectivity index (χ3n) is 3.78. The Morgan fingerprint density at radius 3 is 2.72 bits per heavy atom. The van der Waals surface area contributed by atoms with Gasteiger partial charge >= 0.3 is 6.09 Å². The zero-order valence-electron chi connectivity index (χ0n) is 11.6. The minimum Gasteiger partial charge on any atom is -0.444 e. The minimum absolute atomic E-state index is 0.0786. The third-order valence-corrected chi connectivity index (χ3v) is 3.78. The van der Waals surface area contributed by atoms with Crippen LogP contribution in [0.15, 0.2) is 0 Å². The van der Waals surface area contributed by atoms with Gasteiger partial charge in [0, 0.05) is 25.4 Å². The van der Waals surface area contributed by atoms with Crippen molar-refractivity contribution in [1.82, 2.24) is 4.90 Å². The highest BCUT2D eigenvalue weighted by atomic mass is 16.6. The molecule has 18 heavy (non-hydrogen) atoms. The highest BCUT2D eigenvalue weighted by molar-refractivity contribution is 5.81. The molecule has 0 N–H and O–H groups in total. The van der Waals surface area contributed by atoms with E-state index in [-0.39, 0.29) is 17.9 Å². The summed E-state index contributed by atoms with van der Waals surface area (Å²) in [4.78, 5) is 25.5. The number of hydrogen-bond acceptors (Lipinski definition) is 3. The van der Waals surface area contributed by atoms with Crippen LogP contribution in [0.2, 0.25) is 0 Å². The summed E-state index contributed by atoms with van der Waals surface area (Å²) in [7, 11) is 0. The van der Waals surface area contributed by atoms with Crippen LogP contribution in [0.5, 0.6) is 0 Å². The minimum atomic E-state index is -0.470. The van der Waals surface area contributed by atoms with Gasteiger partial charge in [-0.2, -0.15) is 0 Å². The molecule has 1 heterocycles. The molecule has 1 saturated carbocycles. The lowest BCUT2D eigenvalue weighted by Gasteiger charge is -2.43. The number of rotatable bonds is 0. The van der Waals surface area contributed by atoms with Gasteiger partial charge in [0.15, 0.2) is 0 Å². The Balaban J connectivity index is 2.06. The van der Waals surface area contributed by atoms with Gasteiger partial charge in [0.25, 0.3) is 0 Å². The maximum atomic E-state index is 12.2. The lowest BCUT2D eigenvalue weighted by atomic mass is 9.78. The largest absolute Gasteiger partial charge is 0.444 e. The molecular formula is C14H23NO3. The van der Waals surface area contributed by atoms with Gasteiger partial charge in [-0.15, -0.1) is 0 Å². The van der Waals surface area contributed by atoms with Crippen molar-refractivity contribution in [3.8, 4) is 0 Å². The van der Waals surface area contributed by atoms with Crippen LogP contribution >= 0.6 is 0 Å². The van der Waals surface area contributed by atoms with E-state index in [1.54, 1.807) is 4.90 Å². The van der Waals surface area contributed by atoms with Crippen LogP contribution in [0.25, 0.3) is 0 Å². The van der Waals surface area contributed by atoms with Crippen LogP contribution in [0, 0.1) is 5.92 Å². The summed E-state index contributed by atoms with van der Waals surface area (Å²) in [6, 6.07) is 0.0786. The number of fused-ring (bicyclic) bond motifs is 1. The standard InChI is InChI=1S/C14H23NO3/c1-14(2,3)18-13(17)15-8-4-5-10-6-7-11(16)9-12(10)15/h10,12H,4-9H2,1-3H3/t10-,12+/m1/s1. The van der Waals surface area contributed by atoms with Gasteiger partial charge < -0.3 is 9.64 Å². The lowest BCUT2D eigenvalue weighted by Crippen LogP contribution is -2.52. The van der Waals surface area contributed by atoms with Crippen molar-refractivity contribution in [2.45, 2.75) is 64.5 Å². The summed E-state index contributed by atoms with van der Waals surface area (Å²) in [5.74, 6) is 0.774. The van der Waals surface area contributed by atoms with E-state index in [9.17, 15) is 9.59 Å². The van der Waals surface area contributed by atoms with Gasteiger partial charge in [-0.05, 0) is 46.0 Å². The van der Waals surface area contributed by atoms with Crippen molar-refractivity contribution in [3.63, 3.8) is 0 Å². The second-order valence-electron chi connectivity index (χ2n) is 6.42. The number of amides is 1. The predicted octanol–water partition coefficient (Wildman–Crippen LogP) is 2.76. The summed E-state index contributed by atoms with van der Waals surface area (Å²) in [5.41, 5.74) is -0.470. The highest BCUT2D eigenvalue weighted by Crippen LogP contribution is 2.34. The van der Waals surface area contributed by atoms with Crippen molar-refractivity contribution in [1.29, 1.82) is 0 Å². The van der Waals surface area contributed by atoms with Gasteiger partial charge in [0.05, 0.1) is 0 Å². The molecule has 0 unspecified atom stereocenters. The molecule has 0 bridgehead atoms. The van der Waals surface area contributed by atoms with E-state index in [1.165, 1.54) is 0 Å². The van der Waals surface area contributed by atoms with Crippen molar-refractivity contribution in [2.75, 3.05) is 6.54 Å². The van der Waals surface area contributed by atoms with Crippen molar-refractivity contribution in [3.05, 3.63) is 0 Å². The second-order valence-corrected chi connectivity index (χ2v) is 6.42. The number of carbonyl (C=O) groups excluding carboxylic acids is 2. The molecule has 0 aromatic rings. The first-order valence-electron chi connectivity index (χ1n) is 6.88. The Labute approximate surface area is 109 Å². The molecule has 0 radical (unpaired) electrons. The van der Waals surface area contributed by atoms with Gasteiger partial charge in [-0.1, -0.05) is 0 Å². The Morgan fingerprint density at radius 1 is 1.33 bits per heavy atom. The van der Waals surface area contributed by atoms with Gasteiger partial charge in [-0.25, -0.2) is 4.79 Å². The normalized spacial score (nSPS) is 28.8. The molecule has 1 aliphatic heterocycles. The molecular weight excluding hydrogens is 230 g/mol. The van der Waals surface area contributed by atoms with Crippen LogP contribution in [0.4, 0.5) is 4.79 Å². The molecule has 1 saturated heterocycles. The van der Waals surface area contributed by atoms with Gasteiger partial charge in [-0.3, -0.25) is 4.79 Å². The fourth-order valence-electron chi connectivity index (χ4n) is 2.98. The molecule has 4 heteroatoms. The summed E-state index contributed by atoms with van der Waals surface area (Å²) in [6.45, 7) is 6.35. The number of ether oxygens (including phenoxy) is 1. The lowest BCUT2D eigenvalue weighted by molar-refractivity contribution is -0.124. The van der Waals surface area contributed by atoms with Crippen molar-refractivity contribution < 1.29 is 14.3 Å². The average Bonchev–Trinajstić information content (AvgIpc) is 2.25. The highest BCUT2D eigenvalue weighted by Gasteiger charge is 2.39.